The van der Waals surface area contributed by atoms with Crippen LogP contribution in [0.1, 0.15) is 6.42 Å². The van der Waals surface area contributed by atoms with Gasteiger partial charge in [0.2, 0.25) is 0 Å². The first-order valence-corrected chi connectivity index (χ1v) is 8.97. The van der Waals surface area contributed by atoms with Crippen molar-refractivity contribution in [3.63, 3.8) is 0 Å². The molecule has 9 heteroatoms. The highest BCUT2D eigenvalue weighted by atomic mass is 32.2. The normalized spacial score (nSPS) is 20.7. The van der Waals surface area contributed by atoms with E-state index in [9.17, 15) is 22.7 Å². The summed E-state index contributed by atoms with van der Waals surface area (Å²) in [7, 11) is -3.06. The summed E-state index contributed by atoms with van der Waals surface area (Å²) in [6.07, 6.45) is -0.586. The van der Waals surface area contributed by atoms with E-state index in [0.29, 0.717) is 6.42 Å². The Labute approximate surface area is 133 Å². The molecule has 0 aromatic heterocycles. The number of benzene rings is 1. The number of amides is 2. The van der Waals surface area contributed by atoms with Crippen molar-refractivity contribution in [3.05, 3.63) is 30.1 Å². The van der Waals surface area contributed by atoms with Gasteiger partial charge in [-0.1, -0.05) is 6.07 Å². The molecule has 0 unspecified atom stereocenters. The Balaban J connectivity index is 1.66. The molecule has 1 aliphatic heterocycles. The van der Waals surface area contributed by atoms with Crippen LogP contribution in [0.15, 0.2) is 24.3 Å². The standard InChI is InChI=1S/C14H19FN2O5S/c15-10-2-1-3-13(6-10)22-8-12(18)7-16-14(19)17-11-4-5-23(20,21)9-11/h1-3,6,11-12,18H,4-5,7-9H2,(H2,16,17,19)/t11-,12-/m1/s1. The van der Waals surface area contributed by atoms with Crippen LogP contribution in [-0.2, 0) is 9.84 Å². The molecule has 128 valence electrons. The van der Waals surface area contributed by atoms with Gasteiger partial charge in [0.25, 0.3) is 0 Å². The largest absolute Gasteiger partial charge is 0.491 e. The van der Waals surface area contributed by atoms with Crippen LogP contribution in [0, 0.1) is 5.82 Å². The Morgan fingerprint density at radius 3 is 2.91 bits per heavy atom. The topological polar surface area (TPSA) is 105 Å². The van der Waals surface area contributed by atoms with Crippen molar-refractivity contribution < 1.29 is 27.4 Å². The maximum absolute atomic E-state index is 12.9. The van der Waals surface area contributed by atoms with Gasteiger partial charge in [0, 0.05) is 18.7 Å². The lowest BCUT2D eigenvalue weighted by molar-refractivity contribution is 0.107. The van der Waals surface area contributed by atoms with Crippen molar-refractivity contribution in [2.45, 2.75) is 18.6 Å². The molecule has 1 aliphatic rings. The summed E-state index contributed by atoms with van der Waals surface area (Å²) >= 11 is 0. The van der Waals surface area contributed by atoms with Gasteiger partial charge >= 0.3 is 6.03 Å². The van der Waals surface area contributed by atoms with E-state index in [2.05, 4.69) is 10.6 Å². The average Bonchev–Trinajstić information content (AvgIpc) is 2.82. The van der Waals surface area contributed by atoms with Crippen molar-refractivity contribution in [1.29, 1.82) is 0 Å². The van der Waals surface area contributed by atoms with Crippen LogP contribution in [0.4, 0.5) is 9.18 Å². The summed E-state index contributed by atoms with van der Waals surface area (Å²) in [5.41, 5.74) is 0. The third kappa shape index (κ3) is 6.03. The minimum Gasteiger partial charge on any atom is -0.491 e. The van der Waals surface area contributed by atoms with Gasteiger partial charge in [0.05, 0.1) is 11.5 Å². The first kappa shape index (κ1) is 17.5. The average molecular weight is 346 g/mol. The maximum Gasteiger partial charge on any atom is 0.315 e. The molecule has 0 aliphatic carbocycles. The molecule has 7 nitrogen and oxygen atoms in total. The van der Waals surface area contributed by atoms with Crippen LogP contribution in [-0.4, -0.2) is 56.4 Å². The molecule has 1 saturated heterocycles. The number of halogens is 1. The fourth-order valence-corrected chi connectivity index (χ4v) is 3.84. The zero-order valence-corrected chi connectivity index (χ0v) is 13.2. The van der Waals surface area contributed by atoms with E-state index < -0.39 is 33.8 Å². The molecule has 2 amide bonds. The molecule has 0 saturated carbocycles. The third-order valence-electron chi connectivity index (χ3n) is 3.30. The molecule has 1 heterocycles. The number of carbonyl (C=O) groups excluding carboxylic acids is 1. The molecular formula is C14H19FN2O5S. The highest BCUT2D eigenvalue weighted by Gasteiger charge is 2.28. The molecular weight excluding hydrogens is 327 g/mol. The minimum atomic E-state index is -3.06. The number of carbonyl (C=O) groups is 1. The Kier molecular flexibility index (Phi) is 5.78. The molecule has 0 spiro atoms. The summed E-state index contributed by atoms with van der Waals surface area (Å²) in [5.74, 6) is -0.154. The van der Waals surface area contributed by atoms with Crippen molar-refractivity contribution >= 4 is 15.9 Å². The van der Waals surface area contributed by atoms with Gasteiger partial charge in [-0.05, 0) is 18.6 Å². The first-order valence-electron chi connectivity index (χ1n) is 7.15. The third-order valence-corrected chi connectivity index (χ3v) is 5.07. The van der Waals surface area contributed by atoms with Crippen molar-refractivity contribution in [2.75, 3.05) is 24.7 Å². The van der Waals surface area contributed by atoms with Gasteiger partial charge in [0.15, 0.2) is 9.84 Å². The van der Waals surface area contributed by atoms with Gasteiger partial charge in [-0.3, -0.25) is 0 Å². The number of aliphatic hydroxyl groups is 1. The predicted octanol–water partition coefficient (Wildman–Crippen LogP) is 0.0517. The van der Waals surface area contributed by atoms with Crippen LogP contribution in [0.3, 0.4) is 0 Å². The molecule has 1 aromatic rings. The monoisotopic (exact) mass is 346 g/mol. The molecule has 2 atom stereocenters. The molecule has 1 aromatic carbocycles. The van der Waals surface area contributed by atoms with E-state index in [1.54, 1.807) is 6.07 Å². The molecule has 0 radical (unpaired) electrons. The van der Waals surface area contributed by atoms with Crippen molar-refractivity contribution in [3.8, 4) is 5.75 Å². The predicted molar refractivity (Wildman–Crippen MR) is 81.5 cm³/mol. The van der Waals surface area contributed by atoms with Crippen molar-refractivity contribution in [2.24, 2.45) is 0 Å². The van der Waals surface area contributed by atoms with E-state index in [0.717, 1.165) is 0 Å². The highest BCUT2D eigenvalue weighted by Crippen LogP contribution is 2.12. The van der Waals surface area contributed by atoms with E-state index >= 15 is 0 Å². The number of nitrogens with one attached hydrogen (secondary N) is 2. The van der Waals surface area contributed by atoms with E-state index in [1.165, 1.54) is 18.2 Å². The van der Waals surface area contributed by atoms with E-state index in [-0.39, 0.29) is 30.4 Å². The minimum absolute atomic E-state index is 0.0638. The first-order chi connectivity index (χ1) is 10.8. The molecule has 23 heavy (non-hydrogen) atoms. The lowest BCUT2D eigenvalue weighted by Gasteiger charge is -2.15. The second-order valence-corrected chi connectivity index (χ2v) is 7.61. The Morgan fingerprint density at radius 2 is 2.26 bits per heavy atom. The van der Waals surface area contributed by atoms with Gasteiger partial charge in [-0.25, -0.2) is 17.6 Å². The number of hydrogen-bond acceptors (Lipinski definition) is 5. The summed E-state index contributed by atoms with van der Waals surface area (Å²) in [4.78, 5) is 11.6. The molecule has 3 N–H and O–H groups in total. The number of sulfone groups is 1. The van der Waals surface area contributed by atoms with Crippen LogP contribution < -0.4 is 15.4 Å². The Morgan fingerprint density at radius 1 is 1.48 bits per heavy atom. The fourth-order valence-electron chi connectivity index (χ4n) is 2.16. The van der Waals surface area contributed by atoms with E-state index in [1.807, 2.05) is 0 Å². The number of hydrogen-bond donors (Lipinski definition) is 3. The summed E-state index contributed by atoms with van der Waals surface area (Å²) in [6, 6.07) is 4.55. The van der Waals surface area contributed by atoms with Crippen LogP contribution in [0.5, 0.6) is 5.75 Å². The zero-order chi connectivity index (χ0) is 16.9. The fraction of sp³-hybridized carbons (Fsp3) is 0.500. The number of ether oxygens (including phenoxy) is 1. The van der Waals surface area contributed by atoms with Gasteiger partial charge in [-0.15, -0.1) is 0 Å². The number of rotatable bonds is 6. The van der Waals surface area contributed by atoms with E-state index in [4.69, 9.17) is 4.74 Å². The van der Waals surface area contributed by atoms with Crippen LogP contribution >= 0.6 is 0 Å². The number of urea groups is 1. The SMILES string of the molecule is O=C(NC[C@@H](O)COc1cccc(F)c1)N[C@@H]1CCS(=O)(=O)C1. The summed E-state index contributed by atoms with van der Waals surface area (Å²) in [6.45, 7) is -0.178. The van der Waals surface area contributed by atoms with Crippen LogP contribution in [0.25, 0.3) is 0 Å². The quantitative estimate of drug-likeness (QED) is 0.675. The summed E-state index contributed by atoms with van der Waals surface area (Å²) in [5, 5.41) is 14.7. The Hall–Kier alpha value is -1.87. The highest BCUT2D eigenvalue weighted by molar-refractivity contribution is 7.91. The smallest absolute Gasteiger partial charge is 0.315 e. The second-order valence-electron chi connectivity index (χ2n) is 5.38. The molecule has 0 bridgehead atoms. The second kappa shape index (κ2) is 7.60. The lowest BCUT2D eigenvalue weighted by Crippen LogP contribution is -2.45. The maximum atomic E-state index is 12.9. The van der Waals surface area contributed by atoms with Gasteiger partial charge in [-0.2, -0.15) is 0 Å². The van der Waals surface area contributed by atoms with Gasteiger partial charge in [0.1, 0.15) is 24.3 Å². The lowest BCUT2D eigenvalue weighted by atomic mass is 10.3. The molecule has 1 fully saturated rings. The van der Waals surface area contributed by atoms with Gasteiger partial charge < -0.3 is 20.5 Å². The molecule has 2 rings (SSSR count). The zero-order valence-electron chi connectivity index (χ0n) is 12.4. The summed E-state index contributed by atoms with van der Waals surface area (Å²) < 4.78 is 40.7. The number of aliphatic hydroxyl groups excluding tert-OH is 1. The van der Waals surface area contributed by atoms with Crippen LogP contribution in [0.2, 0.25) is 0 Å². The van der Waals surface area contributed by atoms with Crippen molar-refractivity contribution in [1.82, 2.24) is 10.6 Å². The Bertz CT molecular complexity index is 652.